The minimum Gasteiger partial charge on any atom is -0.324 e. The zero-order valence-electron chi connectivity index (χ0n) is 13.3. The van der Waals surface area contributed by atoms with Gasteiger partial charge in [-0.3, -0.25) is 14.3 Å². The van der Waals surface area contributed by atoms with Gasteiger partial charge in [0.05, 0.1) is 22.0 Å². The van der Waals surface area contributed by atoms with Crippen LogP contribution in [0.15, 0.2) is 41.3 Å². The van der Waals surface area contributed by atoms with Gasteiger partial charge in [-0.15, -0.1) is 0 Å². The second-order valence-corrected chi connectivity index (χ2v) is 7.32. The molecule has 1 aliphatic heterocycles. The van der Waals surface area contributed by atoms with Crippen molar-refractivity contribution in [3.05, 3.63) is 48.0 Å². The average Bonchev–Trinajstić information content (AvgIpc) is 2.68. The number of nitrogens with one attached hydrogen (secondary N) is 3. The highest BCUT2D eigenvalue weighted by atomic mass is 32.2. The van der Waals surface area contributed by atoms with Gasteiger partial charge in [-0.2, -0.15) is 0 Å². The summed E-state index contributed by atoms with van der Waals surface area (Å²) in [5.41, 5.74) is -0.246. The van der Waals surface area contributed by atoms with E-state index in [1.54, 1.807) is 0 Å². The standard InChI is InChI=1S/C16H13F2N3O4S/c1-8-15(22)19-12-5-3-10(7-14(12)20-16(8)23)26(24,25)21-13-6-9(17)2-4-11(13)18/h2-8,21H,1H3,(H,19,22)(H,20,23)/t8-/m1/s1. The van der Waals surface area contributed by atoms with Crippen molar-refractivity contribution in [2.24, 2.45) is 5.92 Å². The lowest BCUT2D eigenvalue weighted by Crippen LogP contribution is -2.28. The number of benzene rings is 2. The molecule has 1 aliphatic rings. The minimum absolute atomic E-state index is 0.0790. The number of rotatable bonds is 3. The van der Waals surface area contributed by atoms with Gasteiger partial charge >= 0.3 is 0 Å². The van der Waals surface area contributed by atoms with Crippen LogP contribution in [-0.4, -0.2) is 20.2 Å². The first kappa shape index (κ1) is 17.8. The summed E-state index contributed by atoms with van der Waals surface area (Å²) in [7, 11) is -4.26. The van der Waals surface area contributed by atoms with Gasteiger partial charge in [0.15, 0.2) is 0 Å². The number of sulfonamides is 1. The first-order valence-electron chi connectivity index (χ1n) is 7.41. The highest BCUT2D eigenvalue weighted by Gasteiger charge is 2.28. The molecule has 7 nitrogen and oxygen atoms in total. The van der Waals surface area contributed by atoms with Crippen LogP contribution in [0.3, 0.4) is 0 Å². The van der Waals surface area contributed by atoms with Crippen LogP contribution in [0.5, 0.6) is 0 Å². The summed E-state index contributed by atoms with van der Waals surface area (Å²) in [5, 5.41) is 4.95. The summed E-state index contributed by atoms with van der Waals surface area (Å²) in [6.45, 7) is 1.41. The monoisotopic (exact) mass is 381 g/mol. The molecule has 1 heterocycles. The van der Waals surface area contributed by atoms with E-state index in [4.69, 9.17) is 0 Å². The molecule has 10 heteroatoms. The van der Waals surface area contributed by atoms with Gasteiger partial charge in [0.1, 0.15) is 17.6 Å². The molecule has 0 spiro atoms. The lowest BCUT2D eigenvalue weighted by molar-refractivity contribution is -0.128. The molecule has 1 atom stereocenters. The zero-order chi connectivity index (χ0) is 19.1. The maximum atomic E-state index is 13.7. The van der Waals surface area contributed by atoms with Gasteiger partial charge < -0.3 is 10.6 Å². The van der Waals surface area contributed by atoms with E-state index in [1.807, 2.05) is 4.72 Å². The summed E-state index contributed by atoms with van der Waals surface area (Å²) < 4.78 is 53.7. The smallest absolute Gasteiger partial charge is 0.262 e. The predicted molar refractivity (Wildman–Crippen MR) is 90.0 cm³/mol. The van der Waals surface area contributed by atoms with Gasteiger partial charge in [0, 0.05) is 6.07 Å². The predicted octanol–water partition coefficient (Wildman–Crippen LogP) is 2.29. The maximum absolute atomic E-state index is 13.7. The highest BCUT2D eigenvalue weighted by molar-refractivity contribution is 7.92. The molecule has 0 fully saturated rings. The molecule has 0 bridgehead atoms. The van der Waals surface area contributed by atoms with Crippen LogP contribution in [-0.2, 0) is 19.6 Å². The number of hydrogen-bond acceptors (Lipinski definition) is 4. The van der Waals surface area contributed by atoms with E-state index >= 15 is 0 Å². The summed E-state index contributed by atoms with van der Waals surface area (Å²) in [4.78, 5) is 23.4. The molecule has 3 N–H and O–H groups in total. The molecule has 0 saturated heterocycles. The number of halogens is 2. The third kappa shape index (κ3) is 3.36. The van der Waals surface area contributed by atoms with Crippen molar-refractivity contribution < 1.29 is 26.8 Å². The molecule has 2 aromatic rings. The van der Waals surface area contributed by atoms with E-state index in [0.29, 0.717) is 6.07 Å². The Kier molecular flexibility index (Phi) is 4.36. The van der Waals surface area contributed by atoms with Crippen LogP contribution in [0.4, 0.5) is 25.8 Å². The Labute approximate surface area is 147 Å². The fourth-order valence-corrected chi connectivity index (χ4v) is 3.37. The highest BCUT2D eigenvalue weighted by Crippen LogP contribution is 2.30. The van der Waals surface area contributed by atoms with Crippen LogP contribution in [0.2, 0.25) is 0 Å². The number of carbonyl (C=O) groups is 2. The van der Waals surface area contributed by atoms with Gasteiger partial charge in [-0.25, -0.2) is 17.2 Å². The van der Waals surface area contributed by atoms with Crippen LogP contribution >= 0.6 is 0 Å². The quantitative estimate of drug-likeness (QED) is 0.710. The second kappa shape index (κ2) is 6.37. The van der Waals surface area contributed by atoms with Crippen molar-refractivity contribution in [1.29, 1.82) is 0 Å². The molecule has 0 saturated carbocycles. The first-order valence-corrected chi connectivity index (χ1v) is 8.89. The Balaban J connectivity index is 1.97. The molecule has 136 valence electrons. The van der Waals surface area contributed by atoms with E-state index in [1.165, 1.54) is 19.1 Å². The molecular formula is C16H13F2N3O4S. The summed E-state index contributed by atoms with van der Waals surface area (Å²) in [5.74, 6) is -3.84. The fraction of sp³-hybridized carbons (Fsp3) is 0.125. The van der Waals surface area contributed by atoms with Crippen molar-refractivity contribution >= 4 is 38.9 Å². The number of fused-ring (bicyclic) bond motifs is 1. The molecule has 0 aliphatic carbocycles. The third-order valence-electron chi connectivity index (χ3n) is 3.78. The van der Waals surface area contributed by atoms with Crippen LogP contribution in [0.1, 0.15) is 6.92 Å². The molecule has 2 amide bonds. The second-order valence-electron chi connectivity index (χ2n) is 5.64. The third-order valence-corrected chi connectivity index (χ3v) is 5.14. The maximum Gasteiger partial charge on any atom is 0.262 e. The SMILES string of the molecule is C[C@@H]1C(=O)Nc2ccc(S(=O)(=O)Nc3cc(F)ccc3F)cc2NC1=O. The molecule has 2 aromatic carbocycles. The molecule has 26 heavy (non-hydrogen) atoms. The molecule has 0 radical (unpaired) electrons. The van der Waals surface area contributed by atoms with E-state index in [-0.39, 0.29) is 16.3 Å². The van der Waals surface area contributed by atoms with Gasteiger partial charge in [-0.1, -0.05) is 0 Å². The molecule has 0 unspecified atom stereocenters. The normalized spacial score (nSPS) is 17.0. The Hall–Kier alpha value is -3.01. The Morgan fingerprint density at radius 2 is 1.62 bits per heavy atom. The molecule has 3 rings (SSSR count). The van der Waals surface area contributed by atoms with Gasteiger partial charge in [-0.05, 0) is 37.3 Å². The first-order chi connectivity index (χ1) is 12.2. The average molecular weight is 381 g/mol. The number of anilines is 3. The number of carbonyl (C=O) groups excluding carboxylic acids is 2. The van der Waals surface area contributed by atoms with Gasteiger partial charge in [0.25, 0.3) is 10.0 Å². The lowest BCUT2D eigenvalue weighted by atomic mass is 10.1. The van der Waals surface area contributed by atoms with E-state index in [2.05, 4.69) is 10.6 Å². The molecule has 0 aromatic heterocycles. The summed E-state index contributed by atoms with van der Waals surface area (Å²) >= 11 is 0. The van der Waals surface area contributed by atoms with Gasteiger partial charge in [0.2, 0.25) is 11.8 Å². The van der Waals surface area contributed by atoms with Crippen LogP contribution in [0.25, 0.3) is 0 Å². The van der Waals surface area contributed by atoms with Crippen LogP contribution in [0, 0.1) is 17.6 Å². The van der Waals surface area contributed by atoms with E-state index in [0.717, 1.165) is 18.2 Å². The Bertz CT molecular complexity index is 1020. The van der Waals surface area contributed by atoms with Crippen molar-refractivity contribution in [3.8, 4) is 0 Å². The van der Waals surface area contributed by atoms with Crippen molar-refractivity contribution in [2.75, 3.05) is 15.4 Å². The Morgan fingerprint density at radius 1 is 0.962 bits per heavy atom. The number of amides is 2. The molecular weight excluding hydrogens is 368 g/mol. The van der Waals surface area contributed by atoms with Crippen LogP contribution < -0.4 is 15.4 Å². The van der Waals surface area contributed by atoms with Crippen molar-refractivity contribution in [1.82, 2.24) is 0 Å². The summed E-state index contributed by atoms with van der Waals surface area (Å²) in [6, 6.07) is 5.93. The van der Waals surface area contributed by atoms with E-state index in [9.17, 15) is 26.8 Å². The fourth-order valence-electron chi connectivity index (χ4n) is 2.28. The number of hydrogen-bond donors (Lipinski definition) is 3. The topological polar surface area (TPSA) is 104 Å². The van der Waals surface area contributed by atoms with Crippen molar-refractivity contribution in [2.45, 2.75) is 11.8 Å². The minimum atomic E-state index is -4.26. The lowest BCUT2D eigenvalue weighted by Gasteiger charge is -2.12. The van der Waals surface area contributed by atoms with Crippen molar-refractivity contribution in [3.63, 3.8) is 0 Å². The largest absolute Gasteiger partial charge is 0.324 e. The zero-order valence-corrected chi connectivity index (χ0v) is 14.2. The Morgan fingerprint density at radius 3 is 2.31 bits per heavy atom. The summed E-state index contributed by atoms with van der Waals surface area (Å²) in [6.07, 6.45) is 0. The van der Waals surface area contributed by atoms with E-state index < -0.39 is 45.1 Å².